The molecule has 2 bridgehead atoms. The maximum atomic E-state index is 12.6. The quantitative estimate of drug-likeness (QED) is 0.673. The Hall–Kier alpha value is -2.21. The molecule has 3 aliphatic rings. The van der Waals surface area contributed by atoms with Crippen molar-refractivity contribution in [3.63, 3.8) is 0 Å². The average Bonchev–Trinajstić information content (AvgIpc) is 3.09. The normalized spacial score (nSPS) is 36.3. The van der Waals surface area contributed by atoms with Crippen LogP contribution >= 0.6 is 0 Å². The van der Waals surface area contributed by atoms with Crippen molar-refractivity contribution in [1.82, 2.24) is 9.88 Å². The van der Waals surface area contributed by atoms with Gasteiger partial charge in [-0.15, -0.1) is 0 Å². The van der Waals surface area contributed by atoms with E-state index in [2.05, 4.69) is 4.98 Å². The Labute approximate surface area is 121 Å². The number of hydrogen-bond donors (Lipinski definition) is 0. The first-order valence-corrected chi connectivity index (χ1v) is 6.86. The Bertz CT molecular complexity index is 644. The molecule has 6 nitrogen and oxygen atoms in total. The van der Waals surface area contributed by atoms with Crippen molar-refractivity contribution in [3.05, 3.63) is 42.2 Å². The highest BCUT2D eigenvalue weighted by atomic mass is 16.5. The monoisotopic (exact) mass is 285 g/mol. The second-order valence-corrected chi connectivity index (χ2v) is 5.77. The van der Waals surface area contributed by atoms with Crippen LogP contribution in [0.25, 0.3) is 0 Å². The van der Waals surface area contributed by atoms with Crippen molar-refractivity contribution >= 4 is 11.9 Å². The highest BCUT2D eigenvalue weighted by Gasteiger charge is 2.65. The number of carbonyl (C=O) groups excluding carboxylic acids is 2. The molecule has 108 valence electrons. The molecule has 1 aromatic rings. The van der Waals surface area contributed by atoms with Crippen LogP contribution < -0.4 is 5.11 Å². The predicted octanol–water partition coefficient (Wildman–Crippen LogP) is -0.886. The lowest BCUT2D eigenvalue weighted by molar-refractivity contribution is -0.313. The molecule has 1 aromatic heterocycles. The Morgan fingerprint density at radius 1 is 1.48 bits per heavy atom. The summed E-state index contributed by atoms with van der Waals surface area (Å²) in [7, 11) is 0. The SMILES string of the molecule is O=C([O-])[C@H]1[C@H]2C=C[C@]3(CN(Cc4ccncc4)C(=O)[C@@H]13)O2. The van der Waals surface area contributed by atoms with Gasteiger partial charge in [0, 0.05) is 30.8 Å². The van der Waals surface area contributed by atoms with E-state index in [0.29, 0.717) is 13.1 Å². The van der Waals surface area contributed by atoms with E-state index in [0.717, 1.165) is 5.56 Å². The number of pyridine rings is 1. The first-order chi connectivity index (χ1) is 10.1. The molecule has 0 N–H and O–H groups in total. The van der Waals surface area contributed by atoms with Crippen LogP contribution in [0, 0.1) is 11.8 Å². The van der Waals surface area contributed by atoms with E-state index in [4.69, 9.17) is 4.74 Å². The van der Waals surface area contributed by atoms with E-state index in [-0.39, 0.29) is 5.91 Å². The van der Waals surface area contributed by atoms with E-state index in [1.165, 1.54) is 0 Å². The summed E-state index contributed by atoms with van der Waals surface area (Å²) in [4.78, 5) is 29.5. The number of aliphatic carboxylic acids is 1. The van der Waals surface area contributed by atoms with Crippen molar-refractivity contribution in [1.29, 1.82) is 0 Å². The van der Waals surface area contributed by atoms with Crippen LogP contribution in [0.2, 0.25) is 0 Å². The largest absolute Gasteiger partial charge is 0.550 e. The van der Waals surface area contributed by atoms with Crippen molar-refractivity contribution in [3.8, 4) is 0 Å². The summed E-state index contributed by atoms with van der Waals surface area (Å²) >= 11 is 0. The molecular weight excluding hydrogens is 272 g/mol. The molecule has 4 atom stereocenters. The molecule has 4 heterocycles. The summed E-state index contributed by atoms with van der Waals surface area (Å²) in [6.07, 6.45) is 6.38. The van der Waals surface area contributed by atoms with Gasteiger partial charge in [0.15, 0.2) is 0 Å². The number of likely N-dealkylation sites (tertiary alicyclic amines) is 1. The van der Waals surface area contributed by atoms with Gasteiger partial charge < -0.3 is 19.5 Å². The molecule has 3 aliphatic heterocycles. The molecular formula is C15H13N2O4-. The lowest BCUT2D eigenvalue weighted by atomic mass is 9.77. The van der Waals surface area contributed by atoms with Gasteiger partial charge in [0.1, 0.15) is 5.60 Å². The van der Waals surface area contributed by atoms with Crippen LogP contribution in [0.3, 0.4) is 0 Å². The number of ether oxygens (including phenoxy) is 1. The second kappa shape index (κ2) is 4.14. The lowest BCUT2D eigenvalue weighted by Gasteiger charge is -2.24. The summed E-state index contributed by atoms with van der Waals surface area (Å²) in [6.45, 7) is 0.816. The van der Waals surface area contributed by atoms with Crippen LogP contribution in [0.4, 0.5) is 0 Å². The predicted molar refractivity (Wildman–Crippen MR) is 68.4 cm³/mol. The molecule has 0 radical (unpaired) electrons. The molecule has 21 heavy (non-hydrogen) atoms. The van der Waals surface area contributed by atoms with Gasteiger partial charge in [-0.25, -0.2) is 0 Å². The maximum Gasteiger partial charge on any atom is 0.230 e. The molecule has 4 rings (SSSR count). The molecule has 6 heteroatoms. The summed E-state index contributed by atoms with van der Waals surface area (Å²) in [5.41, 5.74) is 0.165. The minimum atomic E-state index is -1.21. The molecule has 2 saturated heterocycles. The number of carboxylic acid groups (broad SMARTS) is 1. The number of amides is 1. The van der Waals surface area contributed by atoms with Gasteiger partial charge in [-0.1, -0.05) is 12.2 Å². The zero-order valence-corrected chi connectivity index (χ0v) is 11.1. The van der Waals surface area contributed by atoms with Crippen molar-refractivity contribution in [2.24, 2.45) is 11.8 Å². The number of aromatic nitrogens is 1. The fourth-order valence-corrected chi connectivity index (χ4v) is 3.69. The number of hydrogen-bond acceptors (Lipinski definition) is 5. The fraction of sp³-hybridized carbons (Fsp3) is 0.400. The van der Waals surface area contributed by atoms with E-state index in [1.807, 2.05) is 18.2 Å². The first kappa shape index (κ1) is 12.5. The Morgan fingerprint density at radius 3 is 2.95 bits per heavy atom. The molecule has 1 spiro atoms. The van der Waals surface area contributed by atoms with Crippen LogP contribution in [0.5, 0.6) is 0 Å². The number of carboxylic acids is 1. The average molecular weight is 285 g/mol. The van der Waals surface area contributed by atoms with E-state index in [9.17, 15) is 14.7 Å². The Kier molecular flexibility index (Phi) is 2.47. The van der Waals surface area contributed by atoms with E-state index < -0.39 is 29.5 Å². The van der Waals surface area contributed by atoms with Gasteiger partial charge >= 0.3 is 0 Å². The topological polar surface area (TPSA) is 82.6 Å². The van der Waals surface area contributed by atoms with E-state index in [1.54, 1.807) is 23.4 Å². The van der Waals surface area contributed by atoms with Gasteiger partial charge in [-0.3, -0.25) is 9.78 Å². The third kappa shape index (κ3) is 1.65. The minimum absolute atomic E-state index is 0.173. The van der Waals surface area contributed by atoms with Crippen LogP contribution in [0.15, 0.2) is 36.7 Å². The third-order valence-corrected chi connectivity index (χ3v) is 4.57. The van der Waals surface area contributed by atoms with Crippen LogP contribution in [0.1, 0.15) is 5.56 Å². The standard InChI is InChI=1S/C15H14N2O4/c18-13-12-11(14(19)20)10-1-4-15(12,21-10)8-17(13)7-9-2-5-16-6-3-9/h1-6,10-12H,7-8H2,(H,19,20)/p-1/t10-,11+,12-,15-/m1/s1. The van der Waals surface area contributed by atoms with Gasteiger partial charge in [0.25, 0.3) is 0 Å². The number of nitrogens with zero attached hydrogens (tertiary/aromatic N) is 2. The van der Waals surface area contributed by atoms with Crippen LogP contribution in [-0.4, -0.2) is 40.0 Å². The number of rotatable bonds is 3. The molecule has 2 fully saturated rings. The smallest absolute Gasteiger partial charge is 0.230 e. The summed E-state index contributed by atoms with van der Waals surface area (Å²) in [5, 5.41) is 11.3. The number of fused-ring (bicyclic) bond motifs is 1. The molecule has 0 unspecified atom stereocenters. The summed E-state index contributed by atoms with van der Waals surface area (Å²) in [6, 6.07) is 3.67. The van der Waals surface area contributed by atoms with Crippen molar-refractivity contribution in [2.75, 3.05) is 6.54 Å². The van der Waals surface area contributed by atoms with E-state index >= 15 is 0 Å². The van der Waals surface area contributed by atoms with Gasteiger partial charge in [0.2, 0.25) is 5.91 Å². The maximum absolute atomic E-state index is 12.6. The minimum Gasteiger partial charge on any atom is -0.550 e. The summed E-state index contributed by atoms with van der Waals surface area (Å²) in [5.74, 6) is -2.94. The molecule has 1 amide bonds. The van der Waals surface area contributed by atoms with Gasteiger partial charge in [0.05, 0.1) is 18.6 Å². The van der Waals surface area contributed by atoms with Crippen molar-refractivity contribution < 1.29 is 19.4 Å². The first-order valence-electron chi connectivity index (χ1n) is 6.86. The molecule has 0 saturated carbocycles. The zero-order valence-electron chi connectivity index (χ0n) is 11.1. The van der Waals surface area contributed by atoms with Crippen LogP contribution in [-0.2, 0) is 20.9 Å². The number of carbonyl (C=O) groups is 2. The molecule has 0 aromatic carbocycles. The lowest BCUT2D eigenvalue weighted by Crippen LogP contribution is -2.45. The third-order valence-electron chi connectivity index (χ3n) is 4.57. The second-order valence-electron chi connectivity index (χ2n) is 5.77. The Balaban J connectivity index is 1.63. The van der Waals surface area contributed by atoms with Gasteiger partial charge in [-0.05, 0) is 17.7 Å². The van der Waals surface area contributed by atoms with Crippen molar-refractivity contribution in [2.45, 2.75) is 18.2 Å². The summed E-state index contributed by atoms with van der Waals surface area (Å²) < 4.78 is 5.79. The Morgan fingerprint density at radius 2 is 2.24 bits per heavy atom. The highest BCUT2D eigenvalue weighted by molar-refractivity contribution is 5.90. The fourth-order valence-electron chi connectivity index (χ4n) is 3.69. The molecule has 0 aliphatic carbocycles. The highest BCUT2D eigenvalue weighted by Crippen LogP contribution is 2.51. The van der Waals surface area contributed by atoms with Gasteiger partial charge in [-0.2, -0.15) is 0 Å². The zero-order chi connectivity index (χ0) is 14.6.